The van der Waals surface area contributed by atoms with Gasteiger partial charge in [0, 0.05) is 11.4 Å². The zero-order valence-corrected chi connectivity index (χ0v) is 7.26. The summed E-state index contributed by atoms with van der Waals surface area (Å²) in [6, 6.07) is 1.66. The van der Waals surface area contributed by atoms with Gasteiger partial charge in [-0.05, 0) is 6.92 Å². The molecule has 62 valence electrons. The van der Waals surface area contributed by atoms with Crippen molar-refractivity contribution in [2.75, 3.05) is 5.73 Å². The van der Waals surface area contributed by atoms with Gasteiger partial charge in [-0.1, -0.05) is 5.16 Å². The Morgan fingerprint density at radius 1 is 1.50 bits per heavy atom. The molecule has 0 aliphatic rings. The van der Waals surface area contributed by atoms with Gasteiger partial charge in [-0.3, -0.25) is 0 Å². The molecule has 0 saturated heterocycles. The summed E-state index contributed by atoms with van der Waals surface area (Å²) in [6.45, 7) is 1.94. The van der Waals surface area contributed by atoms with Gasteiger partial charge in [0.15, 0.2) is 0 Å². The van der Waals surface area contributed by atoms with E-state index in [2.05, 4.69) is 10.1 Å². The normalized spacial score (nSPS) is 10.4. The summed E-state index contributed by atoms with van der Waals surface area (Å²) >= 11 is 1.57. The van der Waals surface area contributed by atoms with Crippen molar-refractivity contribution in [3.05, 3.63) is 16.5 Å². The number of hydrogen-bond donors (Lipinski definition) is 1. The van der Waals surface area contributed by atoms with Gasteiger partial charge >= 0.3 is 0 Å². The molecule has 12 heavy (non-hydrogen) atoms. The molecule has 0 amide bonds. The van der Waals surface area contributed by atoms with Crippen LogP contribution >= 0.6 is 11.3 Å². The number of nitrogen functional groups attached to an aromatic ring is 1. The smallest absolute Gasteiger partial charge is 0.222 e. The van der Waals surface area contributed by atoms with Gasteiger partial charge < -0.3 is 10.3 Å². The molecule has 0 fully saturated rings. The zero-order valence-electron chi connectivity index (χ0n) is 6.44. The number of thiazole rings is 1. The third-order valence-corrected chi connectivity index (χ3v) is 2.18. The average molecular weight is 181 g/mol. The number of nitrogens with zero attached hydrogens (tertiary/aromatic N) is 2. The van der Waals surface area contributed by atoms with Crippen LogP contribution in [0.15, 0.2) is 16.0 Å². The summed E-state index contributed by atoms with van der Waals surface area (Å²) in [5.41, 5.74) is 6.88. The maximum absolute atomic E-state index is 5.37. The highest BCUT2D eigenvalue weighted by molar-refractivity contribution is 7.09. The molecule has 0 aliphatic heterocycles. The third-order valence-electron chi connectivity index (χ3n) is 1.41. The molecule has 0 saturated carbocycles. The van der Waals surface area contributed by atoms with Crippen molar-refractivity contribution in [1.82, 2.24) is 10.1 Å². The summed E-state index contributed by atoms with van der Waals surface area (Å²) in [4.78, 5) is 4.23. The number of aromatic nitrogens is 2. The average Bonchev–Trinajstić information content (AvgIpc) is 2.58. The molecule has 4 nitrogen and oxygen atoms in total. The molecule has 2 aromatic rings. The number of hydrogen-bond acceptors (Lipinski definition) is 5. The molecule has 2 aromatic heterocycles. The van der Waals surface area contributed by atoms with Crippen LogP contribution in [0.4, 0.5) is 5.88 Å². The Morgan fingerprint density at radius 2 is 2.33 bits per heavy atom. The van der Waals surface area contributed by atoms with E-state index in [1.165, 1.54) is 0 Å². The third kappa shape index (κ3) is 1.18. The van der Waals surface area contributed by atoms with E-state index in [1.807, 2.05) is 12.3 Å². The molecule has 0 aliphatic carbocycles. The van der Waals surface area contributed by atoms with Crippen molar-refractivity contribution in [2.24, 2.45) is 0 Å². The van der Waals surface area contributed by atoms with Crippen LogP contribution in [0.1, 0.15) is 5.01 Å². The van der Waals surface area contributed by atoms with Crippen LogP contribution < -0.4 is 5.73 Å². The van der Waals surface area contributed by atoms with E-state index in [-0.39, 0.29) is 0 Å². The number of aryl methyl sites for hydroxylation is 1. The first-order valence-electron chi connectivity index (χ1n) is 3.40. The van der Waals surface area contributed by atoms with E-state index >= 15 is 0 Å². The zero-order chi connectivity index (χ0) is 8.55. The Labute approximate surface area is 73.0 Å². The molecule has 0 spiro atoms. The van der Waals surface area contributed by atoms with E-state index in [0.29, 0.717) is 11.6 Å². The van der Waals surface area contributed by atoms with Crippen molar-refractivity contribution in [3.8, 4) is 11.4 Å². The lowest BCUT2D eigenvalue weighted by Crippen LogP contribution is -1.77. The molecule has 0 aromatic carbocycles. The van der Waals surface area contributed by atoms with E-state index < -0.39 is 0 Å². The first-order chi connectivity index (χ1) is 5.75. The summed E-state index contributed by atoms with van der Waals surface area (Å²) in [5, 5.41) is 6.67. The van der Waals surface area contributed by atoms with Crippen molar-refractivity contribution in [1.29, 1.82) is 0 Å². The molecule has 0 unspecified atom stereocenters. The van der Waals surface area contributed by atoms with Crippen LogP contribution in [0.2, 0.25) is 0 Å². The van der Waals surface area contributed by atoms with E-state index in [1.54, 1.807) is 17.4 Å². The number of anilines is 1. The standard InChI is InChI=1S/C7H7N3OS/c1-4-9-6(3-12-4)5-2-7(8)11-10-5/h2-3H,8H2,1H3. The van der Waals surface area contributed by atoms with Gasteiger partial charge in [-0.2, -0.15) is 0 Å². The Balaban J connectivity index is 2.43. The van der Waals surface area contributed by atoms with Crippen molar-refractivity contribution >= 4 is 17.2 Å². The SMILES string of the molecule is Cc1nc(-c2cc(N)on2)cs1. The predicted molar refractivity (Wildman–Crippen MR) is 46.8 cm³/mol. The van der Waals surface area contributed by atoms with Gasteiger partial charge in [0.1, 0.15) is 11.4 Å². The Hall–Kier alpha value is -1.36. The molecule has 2 rings (SSSR count). The first-order valence-corrected chi connectivity index (χ1v) is 4.28. The minimum absolute atomic E-state index is 0.315. The predicted octanol–water partition coefficient (Wildman–Crippen LogP) is 1.69. The highest BCUT2D eigenvalue weighted by Crippen LogP contribution is 2.21. The van der Waals surface area contributed by atoms with Gasteiger partial charge in [-0.15, -0.1) is 11.3 Å². The maximum Gasteiger partial charge on any atom is 0.222 e. The van der Waals surface area contributed by atoms with Crippen LogP contribution in [0.25, 0.3) is 11.4 Å². The minimum Gasteiger partial charge on any atom is -0.368 e. The fraction of sp³-hybridized carbons (Fsp3) is 0.143. The quantitative estimate of drug-likeness (QED) is 0.727. The Kier molecular flexibility index (Phi) is 1.58. The second kappa shape index (κ2) is 2.60. The lowest BCUT2D eigenvalue weighted by atomic mass is 10.3. The number of rotatable bonds is 1. The lowest BCUT2D eigenvalue weighted by Gasteiger charge is -1.82. The highest BCUT2D eigenvalue weighted by Gasteiger charge is 2.06. The fourth-order valence-electron chi connectivity index (χ4n) is 0.891. The van der Waals surface area contributed by atoms with Crippen molar-refractivity contribution in [3.63, 3.8) is 0 Å². The molecule has 0 atom stereocenters. The van der Waals surface area contributed by atoms with Crippen molar-refractivity contribution < 1.29 is 4.52 Å². The molecule has 2 heterocycles. The molecular weight excluding hydrogens is 174 g/mol. The number of nitrogens with two attached hydrogens (primary N) is 1. The Bertz CT molecular complexity index is 355. The van der Waals surface area contributed by atoms with Crippen LogP contribution in [-0.2, 0) is 0 Å². The topological polar surface area (TPSA) is 64.9 Å². The summed E-state index contributed by atoms with van der Waals surface area (Å²) in [7, 11) is 0. The molecule has 0 bridgehead atoms. The van der Waals surface area contributed by atoms with Gasteiger partial charge in [-0.25, -0.2) is 4.98 Å². The highest BCUT2D eigenvalue weighted by atomic mass is 32.1. The fourth-order valence-corrected chi connectivity index (χ4v) is 1.50. The summed E-state index contributed by atoms with van der Waals surface area (Å²) in [5.74, 6) is 0.315. The lowest BCUT2D eigenvalue weighted by molar-refractivity contribution is 0.439. The second-order valence-electron chi connectivity index (χ2n) is 2.37. The van der Waals surface area contributed by atoms with Crippen LogP contribution in [0.3, 0.4) is 0 Å². The largest absolute Gasteiger partial charge is 0.368 e. The summed E-state index contributed by atoms with van der Waals surface area (Å²) in [6.07, 6.45) is 0. The van der Waals surface area contributed by atoms with Crippen LogP contribution in [0, 0.1) is 6.92 Å². The summed E-state index contributed by atoms with van der Waals surface area (Å²) < 4.78 is 4.72. The van der Waals surface area contributed by atoms with Gasteiger partial charge in [0.05, 0.1) is 5.01 Å². The van der Waals surface area contributed by atoms with E-state index in [9.17, 15) is 0 Å². The molecule has 2 N–H and O–H groups in total. The molecule has 5 heteroatoms. The van der Waals surface area contributed by atoms with Gasteiger partial charge in [0.2, 0.25) is 5.88 Å². The first kappa shape index (κ1) is 7.30. The Morgan fingerprint density at radius 3 is 2.83 bits per heavy atom. The van der Waals surface area contributed by atoms with Crippen LogP contribution in [-0.4, -0.2) is 10.1 Å². The van der Waals surface area contributed by atoms with Crippen LogP contribution in [0.5, 0.6) is 0 Å². The maximum atomic E-state index is 5.37. The molecular formula is C7H7N3OS. The molecule has 0 radical (unpaired) electrons. The van der Waals surface area contributed by atoms with E-state index in [4.69, 9.17) is 10.3 Å². The minimum atomic E-state index is 0.315. The second-order valence-corrected chi connectivity index (χ2v) is 3.43. The van der Waals surface area contributed by atoms with Crippen molar-refractivity contribution in [2.45, 2.75) is 6.92 Å². The monoisotopic (exact) mass is 181 g/mol. The van der Waals surface area contributed by atoms with Gasteiger partial charge in [0.25, 0.3) is 0 Å². The van der Waals surface area contributed by atoms with E-state index in [0.717, 1.165) is 10.7 Å².